The number of hydrogen-bond donors (Lipinski definition) is 1. The highest BCUT2D eigenvalue weighted by molar-refractivity contribution is 7.99. The summed E-state index contributed by atoms with van der Waals surface area (Å²) in [5.74, 6) is -0.0314. The largest absolute Gasteiger partial charge is 0.507 e. The van der Waals surface area contributed by atoms with Crippen molar-refractivity contribution >= 4 is 17.5 Å². The van der Waals surface area contributed by atoms with E-state index in [0.29, 0.717) is 5.75 Å². The highest BCUT2D eigenvalue weighted by atomic mass is 32.2. The summed E-state index contributed by atoms with van der Waals surface area (Å²) in [4.78, 5) is 11.9. The van der Waals surface area contributed by atoms with Crippen molar-refractivity contribution in [2.45, 2.75) is 12.7 Å². The minimum absolute atomic E-state index is 0.0433. The lowest BCUT2D eigenvalue weighted by atomic mass is 10.1. The van der Waals surface area contributed by atoms with E-state index in [2.05, 4.69) is 6.07 Å². The number of hydrogen-bond acceptors (Lipinski definition) is 3. The molecule has 0 atom stereocenters. The van der Waals surface area contributed by atoms with E-state index in [-0.39, 0.29) is 22.8 Å². The quantitative estimate of drug-likeness (QED) is 0.847. The van der Waals surface area contributed by atoms with Crippen LogP contribution in [0.15, 0.2) is 42.5 Å². The molecule has 0 amide bonds. The van der Waals surface area contributed by atoms with E-state index < -0.39 is 5.82 Å². The zero-order chi connectivity index (χ0) is 14.5. The predicted octanol–water partition coefficient (Wildman–Crippen LogP) is 3.96. The Balaban J connectivity index is 1.94. The first-order chi connectivity index (χ1) is 9.56. The van der Waals surface area contributed by atoms with Gasteiger partial charge >= 0.3 is 0 Å². The summed E-state index contributed by atoms with van der Waals surface area (Å²) in [6.07, 6.45) is 0. The molecule has 1 N–H and O–H groups in total. The summed E-state index contributed by atoms with van der Waals surface area (Å²) >= 11 is 1.45. The molecule has 2 aromatic carbocycles. The second-order valence-electron chi connectivity index (χ2n) is 4.57. The van der Waals surface area contributed by atoms with Crippen LogP contribution in [0.2, 0.25) is 0 Å². The molecule has 0 saturated carbocycles. The molecule has 0 aliphatic heterocycles. The number of aromatic hydroxyl groups is 1. The first kappa shape index (κ1) is 14.6. The van der Waals surface area contributed by atoms with Gasteiger partial charge in [0.15, 0.2) is 5.78 Å². The molecule has 0 aliphatic carbocycles. The molecule has 20 heavy (non-hydrogen) atoms. The number of carbonyl (C=O) groups excluding carboxylic acids is 1. The number of ketones is 1. The fourth-order valence-electron chi connectivity index (χ4n) is 1.87. The van der Waals surface area contributed by atoms with Crippen LogP contribution in [0.25, 0.3) is 0 Å². The highest BCUT2D eigenvalue weighted by Crippen LogP contribution is 2.21. The molecule has 2 nitrogen and oxygen atoms in total. The average molecular weight is 290 g/mol. The van der Waals surface area contributed by atoms with Gasteiger partial charge in [0.05, 0.1) is 11.3 Å². The van der Waals surface area contributed by atoms with Gasteiger partial charge in [0.2, 0.25) is 0 Å². The van der Waals surface area contributed by atoms with E-state index in [9.17, 15) is 14.3 Å². The molecule has 0 radical (unpaired) electrons. The molecule has 0 spiro atoms. The molecule has 0 unspecified atom stereocenters. The third-order valence-corrected chi connectivity index (χ3v) is 3.85. The summed E-state index contributed by atoms with van der Waals surface area (Å²) < 4.78 is 13.1. The first-order valence-corrected chi connectivity index (χ1v) is 7.37. The monoisotopic (exact) mass is 290 g/mol. The van der Waals surface area contributed by atoms with Crippen LogP contribution in [0.4, 0.5) is 4.39 Å². The van der Waals surface area contributed by atoms with E-state index in [1.807, 2.05) is 25.1 Å². The number of phenols is 1. The van der Waals surface area contributed by atoms with Crippen molar-refractivity contribution in [2.24, 2.45) is 0 Å². The topological polar surface area (TPSA) is 37.3 Å². The molecule has 0 fully saturated rings. The van der Waals surface area contributed by atoms with Crippen molar-refractivity contribution in [1.82, 2.24) is 0 Å². The third-order valence-electron chi connectivity index (χ3n) is 2.84. The summed E-state index contributed by atoms with van der Waals surface area (Å²) in [6.45, 7) is 2.02. The van der Waals surface area contributed by atoms with Crippen molar-refractivity contribution in [3.8, 4) is 5.75 Å². The van der Waals surface area contributed by atoms with E-state index in [1.165, 1.54) is 23.4 Å². The second-order valence-corrected chi connectivity index (χ2v) is 5.55. The molecule has 0 aromatic heterocycles. The van der Waals surface area contributed by atoms with Crippen molar-refractivity contribution in [1.29, 1.82) is 0 Å². The lowest BCUT2D eigenvalue weighted by molar-refractivity contribution is 0.101. The summed E-state index contributed by atoms with van der Waals surface area (Å²) in [7, 11) is 0. The summed E-state index contributed by atoms with van der Waals surface area (Å²) in [6, 6.07) is 11.5. The minimum atomic E-state index is -0.519. The number of Topliss-reactive ketones (excluding diaryl/α,β-unsaturated/α-hetero) is 1. The SMILES string of the molecule is Cc1cccc(CSCC(=O)c2cc(F)ccc2O)c1. The molecule has 104 valence electrons. The van der Waals surface area contributed by atoms with E-state index in [4.69, 9.17) is 0 Å². The van der Waals surface area contributed by atoms with E-state index >= 15 is 0 Å². The third kappa shape index (κ3) is 3.84. The van der Waals surface area contributed by atoms with E-state index in [1.54, 1.807) is 0 Å². The maximum Gasteiger partial charge on any atom is 0.176 e. The molecular weight excluding hydrogens is 275 g/mol. The molecule has 2 aromatic rings. The van der Waals surface area contributed by atoms with Gasteiger partial charge in [0.25, 0.3) is 0 Å². The van der Waals surface area contributed by atoms with Crippen molar-refractivity contribution in [3.05, 3.63) is 65.0 Å². The van der Waals surface area contributed by atoms with Crippen molar-refractivity contribution in [2.75, 3.05) is 5.75 Å². The Morgan fingerprint density at radius 3 is 2.80 bits per heavy atom. The highest BCUT2D eigenvalue weighted by Gasteiger charge is 2.12. The van der Waals surface area contributed by atoms with E-state index in [0.717, 1.165) is 17.7 Å². The zero-order valence-corrected chi connectivity index (χ0v) is 11.9. The number of benzene rings is 2. The molecule has 0 saturated heterocycles. The maximum atomic E-state index is 13.1. The van der Waals surface area contributed by atoms with Crippen LogP contribution in [-0.4, -0.2) is 16.6 Å². The van der Waals surface area contributed by atoms with Crippen molar-refractivity contribution < 1.29 is 14.3 Å². The molecule has 0 bridgehead atoms. The number of aryl methyl sites for hydroxylation is 1. The smallest absolute Gasteiger partial charge is 0.176 e. The second kappa shape index (κ2) is 6.57. The molecule has 2 rings (SSSR count). The molecule has 0 heterocycles. The number of carbonyl (C=O) groups is 1. The van der Waals surface area contributed by atoms with Gasteiger partial charge in [0, 0.05) is 5.75 Å². The Morgan fingerprint density at radius 2 is 2.05 bits per heavy atom. The van der Waals surface area contributed by atoms with Gasteiger partial charge in [-0.05, 0) is 30.7 Å². The fraction of sp³-hybridized carbons (Fsp3) is 0.188. The Bertz CT molecular complexity index is 626. The molecule has 4 heteroatoms. The van der Waals surface area contributed by atoms with Gasteiger partial charge in [-0.15, -0.1) is 11.8 Å². The zero-order valence-electron chi connectivity index (χ0n) is 11.1. The van der Waals surface area contributed by atoms with Gasteiger partial charge in [-0.25, -0.2) is 4.39 Å². The van der Waals surface area contributed by atoms with Crippen molar-refractivity contribution in [3.63, 3.8) is 0 Å². The lowest BCUT2D eigenvalue weighted by Crippen LogP contribution is -2.03. The average Bonchev–Trinajstić information content (AvgIpc) is 2.41. The standard InChI is InChI=1S/C16H15FO2S/c1-11-3-2-4-12(7-11)9-20-10-16(19)14-8-13(17)5-6-15(14)18/h2-8,18H,9-10H2,1H3. The summed E-state index contributed by atoms with van der Waals surface area (Å²) in [5.41, 5.74) is 2.37. The van der Waals surface area contributed by atoms with Gasteiger partial charge < -0.3 is 5.11 Å². The molecule has 0 aliphatic rings. The van der Waals surface area contributed by atoms with Crippen LogP contribution in [0.3, 0.4) is 0 Å². The minimum Gasteiger partial charge on any atom is -0.507 e. The van der Waals surface area contributed by atoms with Crippen LogP contribution in [0.1, 0.15) is 21.5 Å². The maximum absolute atomic E-state index is 13.1. The Kier molecular flexibility index (Phi) is 4.79. The Hall–Kier alpha value is -1.81. The number of rotatable bonds is 5. The van der Waals surface area contributed by atoms with Gasteiger partial charge in [0.1, 0.15) is 11.6 Å². The first-order valence-electron chi connectivity index (χ1n) is 6.21. The van der Waals surface area contributed by atoms with Gasteiger partial charge in [-0.1, -0.05) is 29.8 Å². The van der Waals surface area contributed by atoms with Gasteiger partial charge in [-0.2, -0.15) is 0 Å². The van der Waals surface area contributed by atoms with Crippen LogP contribution >= 0.6 is 11.8 Å². The predicted molar refractivity (Wildman–Crippen MR) is 79.7 cm³/mol. The number of phenolic OH excluding ortho intramolecular Hbond substituents is 1. The van der Waals surface area contributed by atoms with Crippen LogP contribution < -0.4 is 0 Å². The normalized spacial score (nSPS) is 10.5. The van der Waals surface area contributed by atoms with Crippen LogP contribution in [-0.2, 0) is 5.75 Å². The number of thioether (sulfide) groups is 1. The lowest BCUT2D eigenvalue weighted by Gasteiger charge is -2.05. The van der Waals surface area contributed by atoms with Crippen LogP contribution in [0, 0.1) is 12.7 Å². The van der Waals surface area contributed by atoms with Crippen LogP contribution in [0.5, 0.6) is 5.75 Å². The molecular formula is C16H15FO2S. The van der Waals surface area contributed by atoms with Gasteiger partial charge in [-0.3, -0.25) is 4.79 Å². The number of halogens is 1. The fourth-order valence-corrected chi connectivity index (χ4v) is 2.73. The Labute approximate surface area is 121 Å². The Morgan fingerprint density at radius 1 is 1.25 bits per heavy atom. The summed E-state index contributed by atoms with van der Waals surface area (Å²) in [5, 5.41) is 9.56.